The largest absolute Gasteiger partial charge is 0.319 e. The zero-order valence-corrected chi connectivity index (χ0v) is 42.7. The van der Waals surface area contributed by atoms with Gasteiger partial charge in [-0.05, 0) is 55.5 Å². The van der Waals surface area contributed by atoms with Gasteiger partial charge in [0.05, 0.1) is 5.54 Å². The Morgan fingerprint density at radius 3 is 1.35 bits per heavy atom. The molecule has 4 aromatic rings. The minimum Gasteiger partial charge on any atom is -0.319 e. The highest BCUT2D eigenvalue weighted by Gasteiger charge is 2.41. The summed E-state index contributed by atoms with van der Waals surface area (Å²) in [6.45, 7) is 17.9. The zero-order valence-electron chi connectivity index (χ0n) is 42.7. The van der Waals surface area contributed by atoms with Crippen LogP contribution >= 0.6 is 0 Å². The van der Waals surface area contributed by atoms with Gasteiger partial charge in [0.2, 0.25) is 0 Å². The second-order valence-electron chi connectivity index (χ2n) is 22.1. The average Bonchev–Trinajstić information content (AvgIpc) is 3.27. The number of hydrogen-bond donors (Lipinski definition) is 1. The van der Waals surface area contributed by atoms with Gasteiger partial charge in [-0.1, -0.05) is 152 Å². The molecule has 10 heteroatoms. The van der Waals surface area contributed by atoms with Gasteiger partial charge in [0.1, 0.15) is 40.5 Å². The van der Waals surface area contributed by atoms with Gasteiger partial charge in [0, 0.05) is 96.0 Å². The summed E-state index contributed by atoms with van der Waals surface area (Å²) in [5.41, 5.74) is 3.82. The minimum atomic E-state index is -1.28. The molecule has 0 bridgehead atoms. The van der Waals surface area contributed by atoms with Crippen LogP contribution in [0.2, 0.25) is 0 Å². The van der Waals surface area contributed by atoms with E-state index in [2.05, 4.69) is 0 Å². The first-order valence-corrected chi connectivity index (χ1v) is 24.2. The van der Waals surface area contributed by atoms with Crippen molar-refractivity contribution < 1.29 is 43.2 Å². The summed E-state index contributed by atoms with van der Waals surface area (Å²) < 4.78 is 0. The third kappa shape index (κ3) is 15.8. The number of fused-ring (bicyclic) bond motifs is 1. The van der Waals surface area contributed by atoms with Crippen LogP contribution in [-0.2, 0) is 51.2 Å². The van der Waals surface area contributed by atoms with Crippen LogP contribution < -0.4 is 5.73 Å². The van der Waals surface area contributed by atoms with Gasteiger partial charge in [-0.15, -0.1) is 0 Å². The summed E-state index contributed by atoms with van der Waals surface area (Å²) >= 11 is 0. The topological polar surface area (TPSA) is 180 Å². The lowest BCUT2D eigenvalue weighted by Gasteiger charge is -2.30. The van der Waals surface area contributed by atoms with E-state index in [-0.39, 0.29) is 110 Å². The molecule has 0 aliphatic heterocycles. The highest BCUT2D eigenvalue weighted by Crippen LogP contribution is 2.35. The lowest BCUT2D eigenvalue weighted by Crippen LogP contribution is -2.43. The van der Waals surface area contributed by atoms with Crippen LogP contribution in [0.4, 0.5) is 0 Å². The fourth-order valence-corrected chi connectivity index (χ4v) is 8.50. The Hall–Kier alpha value is -5.87. The van der Waals surface area contributed by atoms with Crippen LogP contribution in [0.1, 0.15) is 148 Å². The molecule has 4 unspecified atom stereocenters. The zero-order chi connectivity index (χ0) is 51.6. The van der Waals surface area contributed by atoms with E-state index in [0.29, 0.717) is 16.7 Å². The number of carbonyl (C=O) groups is 9. The van der Waals surface area contributed by atoms with E-state index in [1.54, 1.807) is 118 Å². The van der Waals surface area contributed by atoms with Gasteiger partial charge < -0.3 is 5.73 Å². The van der Waals surface area contributed by atoms with Crippen molar-refractivity contribution in [3.8, 4) is 0 Å². The molecule has 10 nitrogen and oxygen atoms in total. The first kappa shape index (κ1) is 55.7. The average molecular weight is 940 g/mol. The van der Waals surface area contributed by atoms with Gasteiger partial charge in [0.25, 0.3) is 0 Å². The van der Waals surface area contributed by atoms with Crippen molar-refractivity contribution >= 4 is 62.8 Å². The van der Waals surface area contributed by atoms with Gasteiger partial charge in [-0.2, -0.15) is 0 Å². The molecule has 0 saturated carbocycles. The quantitative estimate of drug-likeness (QED) is 0.0539. The molecule has 0 aliphatic carbocycles. The molecule has 0 aromatic heterocycles. The Labute approximate surface area is 409 Å². The normalized spacial score (nSPS) is 14.0. The van der Waals surface area contributed by atoms with Crippen molar-refractivity contribution in [2.24, 2.45) is 45.7 Å². The highest BCUT2D eigenvalue weighted by atomic mass is 16.2. The van der Waals surface area contributed by atoms with Crippen LogP contribution in [0.15, 0.2) is 97.1 Å². The van der Waals surface area contributed by atoms with E-state index in [0.717, 1.165) is 16.3 Å². The van der Waals surface area contributed by atoms with Crippen LogP contribution in [-0.4, -0.2) is 57.6 Å². The molecular formula is C59H73NO9. The van der Waals surface area contributed by atoms with E-state index in [1.165, 1.54) is 6.92 Å². The number of ketones is 9. The van der Waals surface area contributed by atoms with Crippen LogP contribution in [0.25, 0.3) is 10.8 Å². The third-order valence-electron chi connectivity index (χ3n) is 13.9. The molecule has 4 aromatic carbocycles. The number of Topliss-reactive ketones (excluding diaryl/α,β-unsaturated/α-hetero) is 8. The molecule has 0 radical (unpaired) electrons. The second kappa shape index (κ2) is 23.2. The molecule has 368 valence electrons. The standard InChI is InChI=1S/C59H73NO9/c1-37(39(3)61)27-51(65)57(6,7)35-49(63)46(29-40-21-25-44(26-22-40)55(69)43-18-13-12-14-19-43)32-53(67)58(8,9)36-50(64)47(31-41-23-24-42-17-15-16-20-45(42)30-41)33-52(66)56(4,5)34-48(62)38(2)28-54(68)59(10,11)60/h12-26,30,37-38,46-47H,27-29,31-36,60H2,1-11H3. The summed E-state index contributed by atoms with van der Waals surface area (Å²) in [5, 5.41) is 1.97. The van der Waals surface area contributed by atoms with Crippen molar-refractivity contribution in [2.75, 3.05) is 0 Å². The number of carbonyl (C=O) groups excluding carboxylic acids is 9. The maximum Gasteiger partial charge on any atom is 0.193 e. The third-order valence-corrected chi connectivity index (χ3v) is 13.9. The summed E-state index contributed by atoms with van der Waals surface area (Å²) in [7, 11) is 0. The van der Waals surface area contributed by atoms with Gasteiger partial charge in [-0.25, -0.2) is 0 Å². The summed E-state index contributed by atoms with van der Waals surface area (Å²) in [6, 6.07) is 29.4. The van der Waals surface area contributed by atoms with E-state index in [1.807, 2.05) is 48.5 Å². The molecule has 0 fully saturated rings. The van der Waals surface area contributed by atoms with Crippen LogP contribution in [0, 0.1) is 39.9 Å². The van der Waals surface area contributed by atoms with Crippen molar-refractivity contribution in [3.63, 3.8) is 0 Å². The molecule has 0 spiro atoms. The van der Waals surface area contributed by atoms with Crippen molar-refractivity contribution in [3.05, 3.63) is 119 Å². The number of rotatable bonds is 28. The number of benzene rings is 4. The monoisotopic (exact) mass is 940 g/mol. The smallest absolute Gasteiger partial charge is 0.193 e. The molecule has 69 heavy (non-hydrogen) atoms. The molecule has 0 heterocycles. The SMILES string of the molecule is CC(=O)C(C)CC(=O)C(C)(C)CC(=O)C(CC(=O)C(C)(C)CC(=O)C(CC(=O)C(C)(C)CC(=O)C(C)CC(=O)C(C)(C)N)Cc1ccc2ccccc2c1)Cc1ccc(C(=O)c2ccccc2)cc1. The predicted molar refractivity (Wildman–Crippen MR) is 271 cm³/mol. The molecule has 0 amide bonds. The molecular weight excluding hydrogens is 867 g/mol. The fourth-order valence-electron chi connectivity index (χ4n) is 8.50. The maximum atomic E-state index is 14.7. The Kier molecular flexibility index (Phi) is 18.7. The molecule has 2 N–H and O–H groups in total. The lowest BCUT2D eigenvalue weighted by molar-refractivity contribution is -0.139. The van der Waals surface area contributed by atoms with Gasteiger partial charge in [-0.3, -0.25) is 43.2 Å². The van der Waals surface area contributed by atoms with Crippen LogP contribution in [0.5, 0.6) is 0 Å². The van der Waals surface area contributed by atoms with Crippen LogP contribution in [0.3, 0.4) is 0 Å². The molecule has 0 saturated heterocycles. The fraction of sp³-hybridized carbons (Fsp3) is 0.475. The Morgan fingerprint density at radius 2 is 0.855 bits per heavy atom. The second-order valence-corrected chi connectivity index (χ2v) is 22.1. The van der Waals surface area contributed by atoms with E-state index in [9.17, 15) is 43.2 Å². The summed E-state index contributed by atoms with van der Waals surface area (Å²) in [6.07, 6.45) is -0.689. The number of hydrogen-bond acceptors (Lipinski definition) is 10. The Morgan fingerprint density at radius 1 is 0.449 bits per heavy atom. The van der Waals surface area contributed by atoms with E-state index >= 15 is 0 Å². The summed E-state index contributed by atoms with van der Waals surface area (Å²) in [5.74, 6) is -5.22. The molecule has 4 atom stereocenters. The Bertz CT molecular complexity index is 2560. The Balaban J connectivity index is 1.61. The van der Waals surface area contributed by atoms with Gasteiger partial charge >= 0.3 is 0 Å². The predicted octanol–water partition coefficient (Wildman–Crippen LogP) is 10.5. The first-order chi connectivity index (χ1) is 32.0. The van der Waals surface area contributed by atoms with Gasteiger partial charge in [0.15, 0.2) is 11.6 Å². The van der Waals surface area contributed by atoms with Crippen molar-refractivity contribution in [2.45, 2.75) is 139 Å². The number of nitrogens with two attached hydrogens (primary N) is 1. The van der Waals surface area contributed by atoms with E-state index in [4.69, 9.17) is 5.73 Å². The van der Waals surface area contributed by atoms with Crippen molar-refractivity contribution in [1.82, 2.24) is 0 Å². The summed E-state index contributed by atoms with van der Waals surface area (Å²) in [4.78, 5) is 123. The molecule has 4 rings (SSSR count). The lowest BCUT2D eigenvalue weighted by atomic mass is 9.71. The van der Waals surface area contributed by atoms with E-state index < -0.39 is 45.5 Å². The minimum absolute atomic E-state index is 0.0188. The highest BCUT2D eigenvalue weighted by molar-refractivity contribution is 6.09. The first-order valence-electron chi connectivity index (χ1n) is 24.2. The maximum absolute atomic E-state index is 14.7. The molecule has 0 aliphatic rings. The van der Waals surface area contributed by atoms with Crippen molar-refractivity contribution in [1.29, 1.82) is 0 Å².